The summed E-state index contributed by atoms with van der Waals surface area (Å²) in [6.07, 6.45) is 8.55. The summed E-state index contributed by atoms with van der Waals surface area (Å²) in [6.45, 7) is 7.54. The Labute approximate surface area is 233 Å². The van der Waals surface area contributed by atoms with Crippen molar-refractivity contribution in [1.82, 2.24) is 15.2 Å². The van der Waals surface area contributed by atoms with E-state index >= 15 is 0 Å². The van der Waals surface area contributed by atoms with Gasteiger partial charge in [-0.2, -0.15) is 0 Å². The lowest BCUT2D eigenvalue weighted by molar-refractivity contribution is -0.131. The zero-order valence-corrected chi connectivity index (χ0v) is 23.3. The third kappa shape index (κ3) is 6.86. The summed E-state index contributed by atoms with van der Waals surface area (Å²) in [5.41, 5.74) is 6.89. The Hall–Kier alpha value is -4.21. The van der Waals surface area contributed by atoms with Crippen LogP contribution in [-0.4, -0.2) is 57.8 Å². The highest BCUT2D eigenvalue weighted by Crippen LogP contribution is 2.28. The maximum absolute atomic E-state index is 13.2. The molecule has 1 aliphatic carbocycles. The van der Waals surface area contributed by atoms with E-state index < -0.39 is 35.6 Å². The molecule has 0 spiro atoms. The van der Waals surface area contributed by atoms with Crippen LogP contribution in [0.5, 0.6) is 0 Å². The molecule has 1 aromatic heterocycles. The summed E-state index contributed by atoms with van der Waals surface area (Å²) >= 11 is 0. The van der Waals surface area contributed by atoms with Gasteiger partial charge in [-0.1, -0.05) is 43.3 Å². The van der Waals surface area contributed by atoms with Gasteiger partial charge in [-0.3, -0.25) is 19.3 Å². The highest BCUT2D eigenvalue weighted by Gasteiger charge is 2.36. The number of benzene rings is 1. The van der Waals surface area contributed by atoms with Crippen LogP contribution in [0.1, 0.15) is 58.4 Å². The molecule has 40 heavy (non-hydrogen) atoms. The predicted octanol–water partition coefficient (Wildman–Crippen LogP) is 3.80. The first-order valence-corrected chi connectivity index (χ1v) is 13.5. The molecule has 1 fully saturated rings. The molecule has 1 aliphatic heterocycles. The summed E-state index contributed by atoms with van der Waals surface area (Å²) in [5.74, 6) is -0.627. The molecule has 10 heteroatoms. The molecule has 2 unspecified atom stereocenters. The third-order valence-electron chi connectivity index (χ3n) is 6.85. The Morgan fingerprint density at radius 2 is 1.93 bits per heavy atom. The van der Waals surface area contributed by atoms with Crippen molar-refractivity contribution in [2.75, 3.05) is 6.54 Å². The molecule has 4 rings (SSSR count). The highest BCUT2D eigenvalue weighted by atomic mass is 16.6. The van der Waals surface area contributed by atoms with Crippen molar-refractivity contribution in [2.24, 2.45) is 11.7 Å². The van der Waals surface area contributed by atoms with Gasteiger partial charge in [-0.05, 0) is 51.7 Å². The maximum atomic E-state index is 13.2. The van der Waals surface area contributed by atoms with E-state index in [0.717, 1.165) is 24.0 Å². The minimum Gasteiger partial charge on any atom is -0.444 e. The number of oxazole rings is 1. The van der Waals surface area contributed by atoms with Crippen LogP contribution in [0.25, 0.3) is 16.9 Å². The number of hydrogen-bond donors (Lipinski definition) is 2. The van der Waals surface area contributed by atoms with Crippen molar-refractivity contribution in [3.63, 3.8) is 0 Å². The summed E-state index contributed by atoms with van der Waals surface area (Å²) in [5, 5.41) is 2.74. The zero-order chi connectivity index (χ0) is 29.0. The molecule has 2 aromatic rings. The van der Waals surface area contributed by atoms with Crippen molar-refractivity contribution in [3.05, 3.63) is 60.1 Å². The van der Waals surface area contributed by atoms with Crippen molar-refractivity contribution in [3.8, 4) is 11.3 Å². The quantitative estimate of drug-likeness (QED) is 0.535. The van der Waals surface area contributed by atoms with Gasteiger partial charge in [-0.15, -0.1) is 0 Å². The molecule has 3 amide bonds. The molecule has 212 valence electrons. The number of primary amides is 1. The third-order valence-corrected chi connectivity index (χ3v) is 6.85. The summed E-state index contributed by atoms with van der Waals surface area (Å²) in [6, 6.07) is 5.54. The molecule has 1 aromatic carbocycles. The van der Waals surface area contributed by atoms with E-state index in [9.17, 15) is 19.2 Å². The van der Waals surface area contributed by atoms with Gasteiger partial charge in [0.2, 0.25) is 17.7 Å². The molecule has 10 nitrogen and oxygen atoms in total. The van der Waals surface area contributed by atoms with Gasteiger partial charge in [0.25, 0.3) is 0 Å². The molecule has 2 heterocycles. The molecule has 2 aliphatic rings. The number of allylic oxidation sites excluding steroid dienone is 4. The molecular weight excluding hydrogens is 512 g/mol. The number of hydrogen-bond acceptors (Lipinski definition) is 7. The number of ketones is 1. The van der Waals surface area contributed by atoms with E-state index in [1.165, 1.54) is 4.90 Å². The van der Waals surface area contributed by atoms with E-state index in [4.69, 9.17) is 14.9 Å². The smallest absolute Gasteiger partial charge is 0.410 e. The molecule has 3 N–H and O–H groups in total. The van der Waals surface area contributed by atoms with Crippen molar-refractivity contribution in [2.45, 2.75) is 71.1 Å². The number of carbonyl (C=O) groups excluding carboxylic acids is 4. The van der Waals surface area contributed by atoms with E-state index in [1.807, 2.05) is 43.3 Å². The zero-order valence-electron chi connectivity index (χ0n) is 23.3. The van der Waals surface area contributed by atoms with E-state index in [-0.39, 0.29) is 24.0 Å². The SMILES string of the molecule is CC1C=CC=C(c2ncc(-c3ccc(C[C@H](NC(=O)C4CCCCN4C(=O)OC(C)(C)C)C(N)=O)cc3)o2)C1=O. The minimum atomic E-state index is -0.961. The van der Waals surface area contributed by atoms with Gasteiger partial charge in [-0.25, -0.2) is 9.78 Å². The number of nitrogens with two attached hydrogens (primary N) is 1. The van der Waals surface area contributed by atoms with Crippen LogP contribution in [-0.2, 0) is 25.5 Å². The number of amides is 3. The number of Topliss-reactive ketones (excluding diaryl/α,β-unsaturated/α-hetero) is 1. The van der Waals surface area contributed by atoms with Gasteiger partial charge in [0, 0.05) is 24.4 Å². The second kappa shape index (κ2) is 11.9. The maximum Gasteiger partial charge on any atom is 0.410 e. The van der Waals surface area contributed by atoms with Crippen LogP contribution >= 0.6 is 0 Å². The van der Waals surface area contributed by atoms with Gasteiger partial charge in [0.1, 0.15) is 17.7 Å². The van der Waals surface area contributed by atoms with Crippen LogP contribution in [0, 0.1) is 5.92 Å². The van der Waals surface area contributed by atoms with Crippen molar-refractivity contribution >= 4 is 29.3 Å². The average Bonchev–Trinajstić information content (AvgIpc) is 3.39. The number of rotatable bonds is 7. The fraction of sp³-hybridized carbons (Fsp3) is 0.433. The first kappa shape index (κ1) is 28.8. The van der Waals surface area contributed by atoms with Crippen molar-refractivity contribution < 1.29 is 28.3 Å². The topological polar surface area (TPSA) is 145 Å². The second-order valence-electron chi connectivity index (χ2n) is 11.2. The number of piperidine rings is 1. The molecular formula is C30H36N4O6. The number of carbonyl (C=O) groups is 4. The summed E-state index contributed by atoms with van der Waals surface area (Å²) in [4.78, 5) is 56.3. The fourth-order valence-electron chi connectivity index (χ4n) is 4.72. The summed E-state index contributed by atoms with van der Waals surface area (Å²) in [7, 11) is 0. The summed E-state index contributed by atoms with van der Waals surface area (Å²) < 4.78 is 11.3. The van der Waals surface area contributed by atoms with E-state index in [0.29, 0.717) is 24.3 Å². The standard InChI is InChI=1S/C30H36N4O6/c1-18-8-7-9-21(25(18)35)28-32-17-24(39-28)20-13-11-19(12-14-20)16-22(26(31)36)33-27(37)23-10-5-6-15-34(23)29(38)40-30(2,3)4/h7-9,11-14,17-18,22-23H,5-6,10,15-16H2,1-4H3,(H2,31,36)(H,33,37)/t18?,22-,23?/m0/s1. The fourth-order valence-corrected chi connectivity index (χ4v) is 4.72. The Balaban J connectivity index is 1.42. The Morgan fingerprint density at radius 3 is 2.60 bits per heavy atom. The van der Waals surface area contributed by atoms with Crippen LogP contribution in [0.2, 0.25) is 0 Å². The van der Waals surface area contributed by atoms with Crippen molar-refractivity contribution in [1.29, 1.82) is 0 Å². The van der Waals surface area contributed by atoms with Crippen LogP contribution in [0.4, 0.5) is 4.79 Å². The Kier molecular flexibility index (Phi) is 8.56. The van der Waals surface area contributed by atoms with Crippen LogP contribution in [0.15, 0.2) is 53.1 Å². The average molecular weight is 549 g/mol. The molecule has 0 radical (unpaired) electrons. The molecule has 3 atom stereocenters. The monoisotopic (exact) mass is 548 g/mol. The van der Waals surface area contributed by atoms with Crippen LogP contribution < -0.4 is 11.1 Å². The second-order valence-corrected chi connectivity index (χ2v) is 11.2. The minimum absolute atomic E-state index is 0.0479. The lowest BCUT2D eigenvalue weighted by atomic mass is 9.94. The number of nitrogens with zero attached hydrogens (tertiary/aromatic N) is 2. The molecule has 0 saturated carbocycles. The van der Waals surface area contributed by atoms with Gasteiger partial charge in [0.05, 0.1) is 11.8 Å². The molecule has 0 bridgehead atoms. The lowest BCUT2D eigenvalue weighted by Crippen LogP contribution is -2.56. The lowest BCUT2D eigenvalue weighted by Gasteiger charge is -2.36. The number of likely N-dealkylation sites (tertiary alicyclic amines) is 1. The molecule has 1 saturated heterocycles. The first-order valence-electron chi connectivity index (χ1n) is 13.5. The van der Waals surface area contributed by atoms with Gasteiger partial charge in [0.15, 0.2) is 11.5 Å². The first-order chi connectivity index (χ1) is 18.9. The largest absolute Gasteiger partial charge is 0.444 e. The Morgan fingerprint density at radius 1 is 1.20 bits per heavy atom. The normalized spacial score (nSPS) is 20.1. The van der Waals surface area contributed by atoms with Gasteiger partial charge < -0.3 is 20.2 Å². The Bertz CT molecular complexity index is 1330. The number of nitrogens with one attached hydrogen (secondary N) is 1. The number of aromatic nitrogens is 1. The van der Waals surface area contributed by atoms with Crippen LogP contribution in [0.3, 0.4) is 0 Å². The highest BCUT2D eigenvalue weighted by molar-refractivity contribution is 6.22. The van der Waals surface area contributed by atoms with Gasteiger partial charge >= 0.3 is 6.09 Å². The van der Waals surface area contributed by atoms with E-state index in [2.05, 4.69) is 10.3 Å². The van der Waals surface area contributed by atoms with E-state index in [1.54, 1.807) is 33.0 Å². The predicted molar refractivity (Wildman–Crippen MR) is 149 cm³/mol. The number of ether oxygens (including phenoxy) is 1.